The van der Waals surface area contributed by atoms with Gasteiger partial charge >= 0.3 is 0 Å². The van der Waals surface area contributed by atoms with Crippen molar-refractivity contribution in [2.75, 3.05) is 33.9 Å². The molecule has 1 amide bonds. The van der Waals surface area contributed by atoms with Crippen molar-refractivity contribution in [3.05, 3.63) is 52.5 Å². The van der Waals surface area contributed by atoms with Crippen LogP contribution in [0.5, 0.6) is 0 Å². The molecule has 2 aromatic carbocycles. The van der Waals surface area contributed by atoms with E-state index in [2.05, 4.69) is 10.2 Å². The van der Waals surface area contributed by atoms with Crippen molar-refractivity contribution in [1.82, 2.24) is 0 Å². The van der Waals surface area contributed by atoms with Gasteiger partial charge in [0.25, 0.3) is 0 Å². The normalized spacial score (nSPS) is 15.5. The van der Waals surface area contributed by atoms with Gasteiger partial charge in [-0.05, 0) is 68.7 Å². The largest absolute Gasteiger partial charge is 0.372 e. The highest BCUT2D eigenvalue weighted by Crippen LogP contribution is 2.30. The third-order valence-corrected chi connectivity index (χ3v) is 7.08. The summed E-state index contributed by atoms with van der Waals surface area (Å²) in [5, 5.41) is 3.31. The van der Waals surface area contributed by atoms with Gasteiger partial charge in [0.15, 0.2) is 0 Å². The first-order valence-corrected chi connectivity index (χ1v) is 12.4. The fourth-order valence-electron chi connectivity index (χ4n) is 3.59. The van der Waals surface area contributed by atoms with E-state index in [1.165, 1.54) is 44.4 Å². The molecule has 1 heterocycles. The Morgan fingerprint density at radius 3 is 2.23 bits per heavy atom. The van der Waals surface area contributed by atoms with E-state index in [0.29, 0.717) is 10.7 Å². The average Bonchev–Trinajstić information content (AvgIpc) is 2.71. The molecule has 1 aliphatic rings. The molecule has 1 aliphatic heterocycles. The highest BCUT2D eigenvalue weighted by Gasteiger charge is 2.29. The zero-order valence-electron chi connectivity index (χ0n) is 16.9. The Bertz CT molecular complexity index is 1010. The minimum atomic E-state index is -3.74. The average molecular weight is 470 g/mol. The van der Waals surface area contributed by atoms with E-state index in [1.54, 1.807) is 0 Å². The molecule has 0 aromatic heterocycles. The highest BCUT2D eigenvalue weighted by molar-refractivity contribution is 7.92. The molecule has 1 atom stereocenters. The quantitative estimate of drug-likeness (QED) is 0.660. The molecule has 1 N–H and O–H groups in total. The van der Waals surface area contributed by atoms with E-state index in [1.807, 2.05) is 24.3 Å². The smallest absolute Gasteiger partial charge is 0.247 e. The van der Waals surface area contributed by atoms with Gasteiger partial charge < -0.3 is 10.2 Å². The summed E-state index contributed by atoms with van der Waals surface area (Å²) >= 11 is 12.0. The highest BCUT2D eigenvalue weighted by atomic mass is 35.5. The Kier molecular flexibility index (Phi) is 7.16. The second kappa shape index (κ2) is 9.45. The Balaban J connectivity index is 1.76. The molecule has 9 heteroatoms. The van der Waals surface area contributed by atoms with Crippen LogP contribution in [0.15, 0.2) is 42.5 Å². The van der Waals surface area contributed by atoms with Gasteiger partial charge in [-0.2, -0.15) is 0 Å². The fourth-order valence-corrected chi connectivity index (χ4v) is 5.04. The molecule has 1 saturated heterocycles. The number of carbonyl (C=O) groups excluding carboxylic acids is 1. The number of benzene rings is 2. The lowest BCUT2D eigenvalue weighted by Crippen LogP contribution is -2.45. The van der Waals surface area contributed by atoms with E-state index in [4.69, 9.17) is 23.2 Å². The Morgan fingerprint density at radius 1 is 1.03 bits per heavy atom. The topological polar surface area (TPSA) is 69.7 Å². The van der Waals surface area contributed by atoms with Crippen LogP contribution < -0.4 is 14.5 Å². The number of rotatable bonds is 6. The standard InChI is InChI=1S/C21H25Cl2N3O3S/c1-15(26(30(2,28)29)18-10-11-19(22)20(23)14-18)21(27)24-16-6-8-17(9-7-16)25-12-4-3-5-13-25/h6-11,14-15H,3-5,12-13H2,1-2H3,(H,24,27)/t15-/m1/s1. The van der Waals surface area contributed by atoms with Crippen LogP contribution in [0.2, 0.25) is 10.0 Å². The summed E-state index contributed by atoms with van der Waals surface area (Å²) in [6.07, 6.45) is 4.68. The first-order chi connectivity index (χ1) is 14.2. The number of carbonyl (C=O) groups is 1. The number of hydrogen-bond acceptors (Lipinski definition) is 4. The van der Waals surface area contributed by atoms with Gasteiger partial charge in [-0.25, -0.2) is 8.42 Å². The molecule has 0 radical (unpaired) electrons. The number of amides is 1. The number of hydrogen-bond donors (Lipinski definition) is 1. The van der Waals surface area contributed by atoms with E-state index >= 15 is 0 Å². The lowest BCUT2D eigenvalue weighted by atomic mass is 10.1. The third-order valence-electron chi connectivity index (χ3n) is 5.10. The first kappa shape index (κ1) is 22.7. The maximum atomic E-state index is 12.8. The summed E-state index contributed by atoms with van der Waals surface area (Å²) in [5.41, 5.74) is 2.00. The Labute approximate surface area is 187 Å². The van der Waals surface area contributed by atoms with Gasteiger partial charge in [-0.15, -0.1) is 0 Å². The molecule has 162 valence electrons. The van der Waals surface area contributed by atoms with Crippen LogP contribution in [-0.4, -0.2) is 39.7 Å². The van der Waals surface area contributed by atoms with Crippen molar-refractivity contribution in [3.8, 4) is 0 Å². The maximum Gasteiger partial charge on any atom is 0.247 e. The maximum absolute atomic E-state index is 12.8. The van der Waals surface area contributed by atoms with Crippen LogP contribution in [0, 0.1) is 0 Å². The number of sulfonamides is 1. The minimum Gasteiger partial charge on any atom is -0.372 e. The van der Waals surface area contributed by atoms with Crippen molar-refractivity contribution < 1.29 is 13.2 Å². The van der Waals surface area contributed by atoms with Crippen molar-refractivity contribution in [2.45, 2.75) is 32.2 Å². The van der Waals surface area contributed by atoms with E-state index in [-0.39, 0.29) is 10.7 Å². The van der Waals surface area contributed by atoms with Gasteiger partial charge in [0.2, 0.25) is 15.9 Å². The lowest BCUT2D eigenvalue weighted by molar-refractivity contribution is -0.116. The first-order valence-electron chi connectivity index (χ1n) is 9.77. The molecule has 2 aromatic rings. The molecule has 0 unspecified atom stereocenters. The van der Waals surface area contributed by atoms with Crippen molar-refractivity contribution in [2.24, 2.45) is 0 Å². The SMILES string of the molecule is C[C@H](C(=O)Nc1ccc(N2CCCCC2)cc1)N(c1ccc(Cl)c(Cl)c1)S(C)(=O)=O. The Morgan fingerprint density at radius 2 is 1.67 bits per heavy atom. The van der Waals surface area contributed by atoms with Crippen molar-refractivity contribution in [1.29, 1.82) is 0 Å². The lowest BCUT2D eigenvalue weighted by Gasteiger charge is -2.29. The molecule has 0 aliphatic carbocycles. The monoisotopic (exact) mass is 469 g/mol. The van der Waals surface area contributed by atoms with Gasteiger partial charge in [-0.3, -0.25) is 9.10 Å². The zero-order valence-corrected chi connectivity index (χ0v) is 19.3. The van der Waals surface area contributed by atoms with Gasteiger partial charge in [0.05, 0.1) is 22.0 Å². The molecular formula is C21H25Cl2N3O3S. The number of anilines is 3. The molecule has 6 nitrogen and oxygen atoms in total. The van der Waals surface area contributed by atoms with Crippen molar-refractivity contribution >= 4 is 56.2 Å². The van der Waals surface area contributed by atoms with Crippen LogP contribution in [-0.2, 0) is 14.8 Å². The summed E-state index contributed by atoms with van der Waals surface area (Å²) in [6.45, 7) is 3.60. The summed E-state index contributed by atoms with van der Waals surface area (Å²) in [7, 11) is -3.74. The predicted octanol–water partition coefficient (Wildman–Crippen LogP) is 4.78. The number of nitrogens with one attached hydrogen (secondary N) is 1. The molecule has 0 spiro atoms. The molecule has 1 fully saturated rings. The zero-order chi connectivity index (χ0) is 21.9. The molecule has 30 heavy (non-hydrogen) atoms. The molecule has 0 saturated carbocycles. The summed E-state index contributed by atoms with van der Waals surface area (Å²) in [6, 6.07) is 11.1. The fraction of sp³-hybridized carbons (Fsp3) is 0.381. The van der Waals surface area contributed by atoms with E-state index < -0.39 is 22.0 Å². The number of nitrogens with zero attached hydrogens (tertiary/aromatic N) is 2. The molecule has 0 bridgehead atoms. The predicted molar refractivity (Wildman–Crippen MR) is 124 cm³/mol. The van der Waals surface area contributed by atoms with Crippen molar-refractivity contribution in [3.63, 3.8) is 0 Å². The second-order valence-corrected chi connectivity index (χ2v) is 10.1. The second-order valence-electron chi connectivity index (χ2n) is 7.42. The van der Waals surface area contributed by atoms with Crippen LogP contribution >= 0.6 is 23.2 Å². The van der Waals surface area contributed by atoms with Crippen LogP contribution in [0.4, 0.5) is 17.1 Å². The number of halogens is 2. The summed E-state index contributed by atoms with van der Waals surface area (Å²) < 4.78 is 25.9. The van der Waals surface area contributed by atoms with Gasteiger partial charge in [0.1, 0.15) is 6.04 Å². The molecule has 3 rings (SSSR count). The summed E-state index contributed by atoms with van der Waals surface area (Å²) in [4.78, 5) is 15.2. The van der Waals surface area contributed by atoms with Crippen LogP contribution in [0.1, 0.15) is 26.2 Å². The molecular weight excluding hydrogens is 445 g/mol. The summed E-state index contributed by atoms with van der Waals surface area (Å²) in [5.74, 6) is -0.447. The number of piperidine rings is 1. The third kappa shape index (κ3) is 5.39. The van der Waals surface area contributed by atoms with Gasteiger partial charge in [0, 0.05) is 24.5 Å². The van der Waals surface area contributed by atoms with Gasteiger partial charge in [-0.1, -0.05) is 23.2 Å². The Hall–Kier alpha value is -1.96. The van der Waals surface area contributed by atoms with Crippen LogP contribution in [0.3, 0.4) is 0 Å². The van der Waals surface area contributed by atoms with E-state index in [9.17, 15) is 13.2 Å². The van der Waals surface area contributed by atoms with E-state index in [0.717, 1.165) is 29.3 Å². The van der Waals surface area contributed by atoms with Crippen LogP contribution in [0.25, 0.3) is 0 Å². The minimum absolute atomic E-state index is 0.212.